The van der Waals surface area contributed by atoms with Crippen LogP contribution < -0.4 is 15.1 Å². The van der Waals surface area contributed by atoms with Gasteiger partial charge in [-0.3, -0.25) is 14.9 Å². The number of amides is 4. The van der Waals surface area contributed by atoms with E-state index in [1.807, 2.05) is 19.2 Å². The van der Waals surface area contributed by atoms with E-state index in [-0.39, 0.29) is 17.0 Å². The molecule has 2 aliphatic rings. The summed E-state index contributed by atoms with van der Waals surface area (Å²) in [4.78, 5) is 41.3. The second kappa shape index (κ2) is 8.05. The second-order valence-corrected chi connectivity index (χ2v) is 10.2. The van der Waals surface area contributed by atoms with Crippen molar-refractivity contribution in [2.24, 2.45) is 0 Å². The van der Waals surface area contributed by atoms with Crippen LogP contribution in [0.3, 0.4) is 0 Å². The van der Waals surface area contributed by atoms with Gasteiger partial charge in [-0.2, -0.15) is 0 Å². The Bertz CT molecular complexity index is 1170. The third-order valence-electron chi connectivity index (χ3n) is 6.24. The molecule has 1 saturated heterocycles. The first-order valence-corrected chi connectivity index (χ1v) is 11.4. The van der Waals surface area contributed by atoms with Gasteiger partial charge in [0.2, 0.25) is 0 Å². The molecule has 0 spiro atoms. The SMILES string of the molecule is C[C@@H]1CC(C)(C)N(C)c2cc(Cl)c(/C=C3\C(=O)NC(=O)N(c4ccc(Br)cc4)C3=O)cc21. The van der Waals surface area contributed by atoms with Gasteiger partial charge in [-0.15, -0.1) is 0 Å². The lowest BCUT2D eigenvalue weighted by atomic mass is 9.80. The number of hydrogen-bond donors (Lipinski definition) is 1. The van der Waals surface area contributed by atoms with Crippen LogP contribution in [-0.2, 0) is 9.59 Å². The molecule has 1 fully saturated rings. The number of carbonyl (C=O) groups excluding carboxylic acids is 3. The number of rotatable bonds is 2. The first-order valence-electron chi connectivity index (χ1n) is 10.2. The van der Waals surface area contributed by atoms with Crippen molar-refractivity contribution in [2.45, 2.75) is 38.6 Å². The van der Waals surface area contributed by atoms with E-state index in [1.165, 1.54) is 6.08 Å². The van der Waals surface area contributed by atoms with Crippen LogP contribution in [0.25, 0.3) is 6.08 Å². The summed E-state index contributed by atoms with van der Waals surface area (Å²) in [7, 11) is 2.04. The Morgan fingerprint density at radius 2 is 1.81 bits per heavy atom. The number of hydrogen-bond acceptors (Lipinski definition) is 4. The first kappa shape index (κ1) is 22.6. The van der Waals surface area contributed by atoms with Crippen molar-refractivity contribution in [1.29, 1.82) is 0 Å². The molecule has 2 heterocycles. The van der Waals surface area contributed by atoms with E-state index in [1.54, 1.807) is 24.3 Å². The molecule has 32 heavy (non-hydrogen) atoms. The van der Waals surface area contributed by atoms with Gasteiger partial charge in [0.15, 0.2) is 0 Å². The highest BCUT2D eigenvalue weighted by molar-refractivity contribution is 9.10. The molecule has 0 aromatic heterocycles. The van der Waals surface area contributed by atoms with E-state index >= 15 is 0 Å². The number of nitrogens with one attached hydrogen (secondary N) is 1. The topological polar surface area (TPSA) is 69.7 Å². The molecule has 0 saturated carbocycles. The van der Waals surface area contributed by atoms with E-state index in [2.05, 4.69) is 46.9 Å². The fourth-order valence-electron chi connectivity index (χ4n) is 4.35. The smallest absolute Gasteiger partial charge is 0.335 e. The maximum Gasteiger partial charge on any atom is 0.335 e. The number of nitrogens with zero attached hydrogens (tertiary/aromatic N) is 2. The quantitative estimate of drug-likeness (QED) is 0.423. The summed E-state index contributed by atoms with van der Waals surface area (Å²) in [5.41, 5.74) is 2.91. The zero-order chi connectivity index (χ0) is 23.4. The minimum atomic E-state index is -0.784. The number of benzene rings is 2. The lowest BCUT2D eigenvalue weighted by Gasteiger charge is -2.45. The molecule has 1 N–H and O–H groups in total. The third kappa shape index (κ3) is 3.84. The van der Waals surface area contributed by atoms with Crippen molar-refractivity contribution in [3.05, 3.63) is 62.6 Å². The van der Waals surface area contributed by atoms with Gasteiger partial charge in [0.1, 0.15) is 5.57 Å². The van der Waals surface area contributed by atoms with Gasteiger partial charge in [-0.05, 0) is 79.8 Å². The van der Waals surface area contributed by atoms with Crippen molar-refractivity contribution in [2.75, 3.05) is 16.8 Å². The van der Waals surface area contributed by atoms with Gasteiger partial charge in [-0.25, -0.2) is 9.69 Å². The fraction of sp³-hybridized carbons (Fsp3) is 0.292. The molecule has 2 aromatic rings. The van der Waals surface area contributed by atoms with Crippen LogP contribution in [0, 0.1) is 0 Å². The lowest BCUT2D eigenvalue weighted by molar-refractivity contribution is -0.122. The molecular formula is C24H23BrClN3O3. The van der Waals surface area contributed by atoms with E-state index in [0.29, 0.717) is 16.3 Å². The molecule has 4 rings (SSSR count). The highest BCUT2D eigenvalue weighted by Gasteiger charge is 2.38. The first-order chi connectivity index (χ1) is 15.0. The summed E-state index contributed by atoms with van der Waals surface area (Å²) >= 11 is 9.91. The number of urea groups is 1. The Morgan fingerprint density at radius 3 is 2.47 bits per heavy atom. The van der Waals surface area contributed by atoms with E-state index in [9.17, 15) is 14.4 Å². The minimum Gasteiger partial charge on any atom is -0.369 e. The Morgan fingerprint density at radius 1 is 1.16 bits per heavy atom. The van der Waals surface area contributed by atoms with Crippen molar-refractivity contribution < 1.29 is 14.4 Å². The standard InChI is InChI=1S/C24H23BrClN3O3/c1-13-12-24(2,3)28(4)20-11-19(26)14(9-17(13)20)10-18-21(30)27-23(32)29(22(18)31)16-7-5-15(25)6-8-16/h5-11,13H,12H2,1-4H3,(H,27,30,32)/b18-10+/t13-/m1/s1. The Labute approximate surface area is 200 Å². The maximum absolute atomic E-state index is 13.2. The summed E-state index contributed by atoms with van der Waals surface area (Å²) < 4.78 is 0.807. The molecule has 2 aromatic carbocycles. The zero-order valence-electron chi connectivity index (χ0n) is 18.2. The predicted molar refractivity (Wildman–Crippen MR) is 130 cm³/mol. The van der Waals surface area contributed by atoms with E-state index in [4.69, 9.17) is 11.6 Å². The molecule has 0 unspecified atom stereocenters. The molecule has 166 valence electrons. The minimum absolute atomic E-state index is 0.0134. The van der Waals surface area contributed by atoms with Crippen molar-refractivity contribution in [1.82, 2.24) is 5.32 Å². The van der Waals surface area contributed by atoms with Gasteiger partial charge >= 0.3 is 6.03 Å². The van der Waals surface area contributed by atoms with Crippen LogP contribution in [0.2, 0.25) is 5.02 Å². The summed E-state index contributed by atoms with van der Waals surface area (Å²) in [5, 5.41) is 2.68. The molecule has 1 atom stereocenters. The summed E-state index contributed by atoms with van der Waals surface area (Å²) in [5.74, 6) is -1.16. The monoisotopic (exact) mass is 515 g/mol. The van der Waals surface area contributed by atoms with Gasteiger partial charge in [0, 0.05) is 27.8 Å². The Hall–Kier alpha value is -2.64. The van der Waals surface area contributed by atoms with Gasteiger partial charge in [0.05, 0.1) is 5.69 Å². The normalized spacial score (nSPS) is 21.6. The number of anilines is 2. The fourth-order valence-corrected chi connectivity index (χ4v) is 4.83. The molecule has 6 nitrogen and oxygen atoms in total. The summed E-state index contributed by atoms with van der Waals surface area (Å²) in [6.45, 7) is 6.54. The highest BCUT2D eigenvalue weighted by Crippen LogP contribution is 2.44. The zero-order valence-corrected chi connectivity index (χ0v) is 20.5. The second-order valence-electron chi connectivity index (χ2n) is 8.84. The van der Waals surface area contributed by atoms with Crippen molar-refractivity contribution >= 4 is 62.8 Å². The molecule has 8 heteroatoms. The number of barbiturate groups is 1. The van der Waals surface area contributed by atoms with Crippen LogP contribution in [0.1, 0.15) is 44.2 Å². The number of carbonyl (C=O) groups is 3. The van der Waals surface area contributed by atoms with Crippen LogP contribution in [0.15, 0.2) is 46.4 Å². The van der Waals surface area contributed by atoms with Gasteiger partial charge in [0.25, 0.3) is 11.8 Å². The summed E-state index contributed by atoms with van der Waals surface area (Å²) in [6.07, 6.45) is 2.42. The van der Waals surface area contributed by atoms with E-state index < -0.39 is 17.8 Å². The molecule has 0 aliphatic carbocycles. The Balaban J connectivity index is 1.77. The molecule has 4 amide bonds. The van der Waals surface area contributed by atoms with Crippen molar-refractivity contribution in [3.63, 3.8) is 0 Å². The Kier molecular flexibility index (Phi) is 5.67. The van der Waals surface area contributed by atoms with Crippen LogP contribution in [0.5, 0.6) is 0 Å². The average Bonchev–Trinajstić information content (AvgIpc) is 2.71. The lowest BCUT2D eigenvalue weighted by Crippen LogP contribution is -2.54. The number of fused-ring (bicyclic) bond motifs is 1. The largest absolute Gasteiger partial charge is 0.369 e. The van der Waals surface area contributed by atoms with Gasteiger partial charge < -0.3 is 4.90 Å². The van der Waals surface area contributed by atoms with Crippen LogP contribution in [-0.4, -0.2) is 30.4 Å². The van der Waals surface area contributed by atoms with Crippen LogP contribution in [0.4, 0.5) is 16.2 Å². The summed E-state index contributed by atoms with van der Waals surface area (Å²) in [6, 6.07) is 9.71. The average molecular weight is 517 g/mol. The third-order valence-corrected chi connectivity index (χ3v) is 7.09. The molecule has 0 radical (unpaired) electrons. The molecular weight excluding hydrogens is 494 g/mol. The van der Waals surface area contributed by atoms with E-state index in [0.717, 1.165) is 27.0 Å². The highest BCUT2D eigenvalue weighted by atomic mass is 79.9. The van der Waals surface area contributed by atoms with Crippen molar-refractivity contribution in [3.8, 4) is 0 Å². The molecule has 2 aliphatic heterocycles. The predicted octanol–water partition coefficient (Wildman–Crippen LogP) is 5.49. The maximum atomic E-state index is 13.2. The van der Waals surface area contributed by atoms with Gasteiger partial charge in [-0.1, -0.05) is 34.5 Å². The molecule has 0 bridgehead atoms. The van der Waals surface area contributed by atoms with Crippen LogP contribution >= 0.6 is 27.5 Å². The number of halogens is 2. The number of imide groups is 2.